The van der Waals surface area contributed by atoms with Gasteiger partial charge in [0.05, 0.1) is 0 Å². The molecule has 72 valence electrons. The number of nitrogens with two attached hydrogens (primary N) is 1. The molecule has 2 rings (SSSR count). The van der Waals surface area contributed by atoms with E-state index < -0.39 is 0 Å². The maximum Gasteiger partial charge on any atom is 0.173 e. The summed E-state index contributed by atoms with van der Waals surface area (Å²) < 4.78 is 0. The van der Waals surface area contributed by atoms with Crippen LogP contribution in [0.1, 0.15) is 0 Å². The first-order valence-electron chi connectivity index (χ1n) is 4.09. The van der Waals surface area contributed by atoms with Crippen molar-refractivity contribution in [2.75, 3.05) is 11.1 Å². The molecular weight excluding hydrogens is 200 g/mol. The van der Waals surface area contributed by atoms with Gasteiger partial charge in [-0.2, -0.15) is 5.10 Å². The number of nitrogens with one attached hydrogen (secondary N) is 2. The lowest BCUT2D eigenvalue weighted by Gasteiger charge is -2.01. The van der Waals surface area contributed by atoms with Crippen LogP contribution in [-0.4, -0.2) is 10.2 Å². The zero-order chi connectivity index (χ0) is 9.97. The van der Waals surface area contributed by atoms with E-state index in [-0.39, 0.29) is 0 Å². The lowest BCUT2D eigenvalue weighted by molar-refractivity contribution is 1.10. The van der Waals surface area contributed by atoms with E-state index in [0.717, 1.165) is 5.69 Å². The van der Waals surface area contributed by atoms with E-state index in [4.69, 9.17) is 17.3 Å². The van der Waals surface area contributed by atoms with E-state index in [1.54, 1.807) is 0 Å². The summed E-state index contributed by atoms with van der Waals surface area (Å²) in [5, 5.41) is 9.96. The van der Waals surface area contributed by atoms with Crippen molar-refractivity contribution in [3.8, 4) is 0 Å². The van der Waals surface area contributed by atoms with Crippen LogP contribution in [0.25, 0.3) is 0 Å². The second kappa shape index (κ2) is 3.59. The summed E-state index contributed by atoms with van der Waals surface area (Å²) in [6, 6.07) is 9.62. The normalized spacial score (nSPS) is 10.1. The second-order valence-electron chi connectivity index (χ2n) is 2.79. The molecule has 0 bridgehead atoms. The molecule has 0 atom stereocenters. The SMILES string of the molecule is Nc1[nH]nc(Nc2ccccc2)c1Cl. The molecule has 0 amide bonds. The number of rotatable bonds is 2. The van der Waals surface area contributed by atoms with Gasteiger partial charge >= 0.3 is 0 Å². The van der Waals surface area contributed by atoms with Crippen molar-refractivity contribution in [2.45, 2.75) is 0 Å². The van der Waals surface area contributed by atoms with Gasteiger partial charge in [0.15, 0.2) is 5.82 Å². The number of nitrogen functional groups attached to an aromatic ring is 1. The zero-order valence-corrected chi connectivity index (χ0v) is 8.05. The number of benzene rings is 1. The second-order valence-corrected chi connectivity index (χ2v) is 3.17. The van der Waals surface area contributed by atoms with Gasteiger partial charge in [-0.1, -0.05) is 29.8 Å². The molecule has 1 heterocycles. The van der Waals surface area contributed by atoms with E-state index in [9.17, 15) is 0 Å². The molecule has 4 N–H and O–H groups in total. The molecule has 0 aliphatic carbocycles. The molecule has 0 radical (unpaired) electrons. The summed E-state index contributed by atoms with van der Waals surface area (Å²) in [7, 11) is 0. The largest absolute Gasteiger partial charge is 0.383 e. The van der Waals surface area contributed by atoms with Crippen LogP contribution in [0, 0.1) is 0 Å². The summed E-state index contributed by atoms with van der Waals surface area (Å²) in [5.41, 5.74) is 6.42. The number of halogens is 1. The number of nitrogens with zero attached hydrogens (tertiary/aromatic N) is 1. The van der Waals surface area contributed by atoms with Crippen LogP contribution < -0.4 is 11.1 Å². The minimum Gasteiger partial charge on any atom is -0.383 e. The minimum absolute atomic E-state index is 0.366. The van der Waals surface area contributed by atoms with Crippen molar-refractivity contribution in [3.63, 3.8) is 0 Å². The maximum absolute atomic E-state index is 5.88. The molecule has 0 aliphatic heterocycles. The van der Waals surface area contributed by atoms with E-state index in [0.29, 0.717) is 16.7 Å². The average Bonchev–Trinajstić information content (AvgIpc) is 2.52. The predicted octanol–water partition coefficient (Wildman–Crippen LogP) is 2.39. The van der Waals surface area contributed by atoms with Crippen LogP contribution in [0.3, 0.4) is 0 Å². The van der Waals surface area contributed by atoms with Gasteiger partial charge in [0, 0.05) is 5.69 Å². The van der Waals surface area contributed by atoms with E-state index in [1.165, 1.54) is 0 Å². The lowest BCUT2D eigenvalue weighted by Crippen LogP contribution is -1.90. The highest BCUT2D eigenvalue weighted by Crippen LogP contribution is 2.27. The Morgan fingerprint density at radius 1 is 1.29 bits per heavy atom. The number of para-hydroxylation sites is 1. The van der Waals surface area contributed by atoms with Crippen molar-refractivity contribution in [3.05, 3.63) is 35.4 Å². The monoisotopic (exact) mass is 208 g/mol. The molecule has 1 aromatic heterocycles. The highest BCUT2D eigenvalue weighted by molar-refractivity contribution is 6.35. The molecule has 1 aromatic carbocycles. The summed E-state index contributed by atoms with van der Waals surface area (Å²) in [5.74, 6) is 0.903. The molecule has 0 fully saturated rings. The van der Waals surface area contributed by atoms with Gasteiger partial charge in [-0.3, -0.25) is 5.10 Å². The minimum atomic E-state index is 0.366. The Labute approximate surface area is 86.1 Å². The van der Waals surface area contributed by atoms with Crippen LogP contribution in [0.4, 0.5) is 17.3 Å². The van der Waals surface area contributed by atoms with Gasteiger partial charge in [0.25, 0.3) is 0 Å². The first kappa shape index (κ1) is 8.90. The van der Waals surface area contributed by atoms with Crippen molar-refractivity contribution in [1.29, 1.82) is 0 Å². The maximum atomic E-state index is 5.88. The summed E-state index contributed by atoms with van der Waals surface area (Å²) in [6.45, 7) is 0. The predicted molar refractivity (Wildman–Crippen MR) is 57.7 cm³/mol. The average molecular weight is 209 g/mol. The highest BCUT2D eigenvalue weighted by Gasteiger charge is 2.07. The topological polar surface area (TPSA) is 66.7 Å². The highest BCUT2D eigenvalue weighted by atomic mass is 35.5. The first-order chi connectivity index (χ1) is 6.77. The molecular formula is C9H9ClN4. The van der Waals surface area contributed by atoms with Gasteiger partial charge in [-0.25, -0.2) is 0 Å². The van der Waals surface area contributed by atoms with Gasteiger partial charge in [0.1, 0.15) is 10.8 Å². The fourth-order valence-corrected chi connectivity index (χ4v) is 1.21. The van der Waals surface area contributed by atoms with Crippen molar-refractivity contribution in [2.24, 2.45) is 0 Å². The van der Waals surface area contributed by atoms with Gasteiger partial charge in [-0.05, 0) is 12.1 Å². The Bertz CT molecular complexity index is 424. The molecule has 5 heteroatoms. The number of aromatic amines is 1. The Kier molecular flexibility index (Phi) is 2.28. The molecule has 0 unspecified atom stereocenters. The zero-order valence-electron chi connectivity index (χ0n) is 7.29. The summed E-state index contributed by atoms with van der Waals surface area (Å²) in [4.78, 5) is 0. The quantitative estimate of drug-likeness (QED) is 0.710. The number of anilines is 3. The Hall–Kier alpha value is -1.68. The Morgan fingerprint density at radius 3 is 2.57 bits per heavy atom. The van der Waals surface area contributed by atoms with Crippen LogP contribution in [0.2, 0.25) is 5.02 Å². The number of hydrogen-bond acceptors (Lipinski definition) is 3. The van der Waals surface area contributed by atoms with Crippen LogP contribution in [0.5, 0.6) is 0 Å². The smallest absolute Gasteiger partial charge is 0.173 e. The standard InChI is InChI=1S/C9H9ClN4/c10-7-8(11)13-14-9(7)12-6-4-2-1-3-5-6/h1-5H,(H4,11,12,13,14). The van der Waals surface area contributed by atoms with E-state index in [1.807, 2.05) is 30.3 Å². The van der Waals surface area contributed by atoms with E-state index in [2.05, 4.69) is 15.5 Å². The molecule has 14 heavy (non-hydrogen) atoms. The van der Waals surface area contributed by atoms with E-state index >= 15 is 0 Å². The molecule has 0 saturated carbocycles. The van der Waals surface area contributed by atoms with Crippen molar-refractivity contribution in [1.82, 2.24) is 10.2 Å². The fourth-order valence-electron chi connectivity index (χ4n) is 1.08. The first-order valence-corrected chi connectivity index (χ1v) is 4.46. The fraction of sp³-hybridized carbons (Fsp3) is 0. The molecule has 0 saturated heterocycles. The Balaban J connectivity index is 2.23. The molecule has 2 aromatic rings. The molecule has 4 nitrogen and oxygen atoms in total. The van der Waals surface area contributed by atoms with Gasteiger partial charge in [0.2, 0.25) is 0 Å². The number of hydrogen-bond donors (Lipinski definition) is 3. The molecule has 0 aliphatic rings. The van der Waals surface area contributed by atoms with Crippen LogP contribution >= 0.6 is 11.6 Å². The summed E-state index contributed by atoms with van der Waals surface area (Å²) >= 11 is 5.88. The molecule has 0 spiro atoms. The Morgan fingerprint density at radius 2 is 2.00 bits per heavy atom. The van der Waals surface area contributed by atoms with Gasteiger partial charge < -0.3 is 11.1 Å². The lowest BCUT2D eigenvalue weighted by atomic mass is 10.3. The third kappa shape index (κ3) is 1.65. The van der Waals surface area contributed by atoms with Crippen LogP contribution in [0.15, 0.2) is 30.3 Å². The van der Waals surface area contributed by atoms with Crippen molar-refractivity contribution >= 4 is 28.9 Å². The van der Waals surface area contributed by atoms with Crippen molar-refractivity contribution < 1.29 is 0 Å². The van der Waals surface area contributed by atoms with Gasteiger partial charge in [-0.15, -0.1) is 0 Å². The van der Waals surface area contributed by atoms with Crippen LogP contribution in [-0.2, 0) is 0 Å². The third-order valence-corrected chi connectivity index (χ3v) is 2.15. The number of aromatic nitrogens is 2. The third-order valence-electron chi connectivity index (χ3n) is 1.77. The number of H-pyrrole nitrogens is 1. The summed E-state index contributed by atoms with van der Waals surface area (Å²) in [6.07, 6.45) is 0.